The van der Waals surface area contributed by atoms with Gasteiger partial charge >= 0.3 is 0 Å². The molecule has 5 nitrogen and oxygen atoms in total. The van der Waals surface area contributed by atoms with Crippen molar-refractivity contribution >= 4 is 17.0 Å². The van der Waals surface area contributed by atoms with Crippen LogP contribution in [-0.4, -0.2) is 21.1 Å². The zero-order chi connectivity index (χ0) is 19.8. The number of anilines is 1. The van der Waals surface area contributed by atoms with E-state index in [4.69, 9.17) is 10.7 Å². The van der Waals surface area contributed by atoms with Crippen LogP contribution in [0.5, 0.6) is 0 Å². The molecule has 2 aromatic carbocycles. The fourth-order valence-electron chi connectivity index (χ4n) is 4.12. The van der Waals surface area contributed by atoms with Gasteiger partial charge in [0, 0.05) is 17.8 Å². The van der Waals surface area contributed by atoms with Crippen LogP contribution in [0.15, 0.2) is 66.9 Å². The quantitative estimate of drug-likeness (QED) is 0.516. The van der Waals surface area contributed by atoms with Gasteiger partial charge in [-0.15, -0.1) is 0 Å². The van der Waals surface area contributed by atoms with Crippen LogP contribution in [0.4, 0.5) is 5.95 Å². The van der Waals surface area contributed by atoms with E-state index in [0.717, 1.165) is 47.4 Å². The van der Waals surface area contributed by atoms with Crippen LogP contribution in [0.3, 0.4) is 0 Å². The largest absolute Gasteiger partial charge is 0.354 e. The predicted octanol–water partition coefficient (Wildman–Crippen LogP) is 4.86. The monoisotopic (exact) mass is 383 g/mol. The van der Waals surface area contributed by atoms with Crippen molar-refractivity contribution in [2.45, 2.75) is 31.7 Å². The van der Waals surface area contributed by atoms with Crippen molar-refractivity contribution in [3.8, 4) is 16.9 Å². The van der Waals surface area contributed by atoms with Gasteiger partial charge < -0.3 is 15.6 Å². The fraction of sp³-hybridized carbons (Fsp3) is 0.250. The molecule has 1 aliphatic carbocycles. The number of hydrogen-bond donors (Lipinski definition) is 2. The lowest BCUT2D eigenvalue weighted by Gasteiger charge is -2.38. The van der Waals surface area contributed by atoms with E-state index in [1.54, 1.807) is 0 Å². The Labute approximate surface area is 170 Å². The fourth-order valence-corrected chi connectivity index (χ4v) is 4.12. The Hall–Kier alpha value is -3.18. The van der Waals surface area contributed by atoms with Crippen molar-refractivity contribution in [2.75, 3.05) is 11.9 Å². The third kappa shape index (κ3) is 3.08. The second kappa shape index (κ2) is 7.01. The number of aromatic nitrogens is 3. The molecule has 1 fully saturated rings. The van der Waals surface area contributed by atoms with Crippen LogP contribution in [0.2, 0.25) is 0 Å². The lowest BCUT2D eigenvalue weighted by Crippen LogP contribution is -2.43. The molecule has 3 N–H and O–H groups in total. The van der Waals surface area contributed by atoms with Crippen LogP contribution in [0, 0.1) is 0 Å². The Morgan fingerprint density at radius 1 is 1.07 bits per heavy atom. The minimum Gasteiger partial charge on any atom is -0.354 e. The van der Waals surface area contributed by atoms with Gasteiger partial charge in [0.1, 0.15) is 0 Å². The molecule has 0 bridgehead atoms. The molecule has 2 heterocycles. The molecule has 29 heavy (non-hydrogen) atoms. The second-order valence-electron chi connectivity index (χ2n) is 7.78. The van der Waals surface area contributed by atoms with Crippen molar-refractivity contribution < 1.29 is 0 Å². The summed E-state index contributed by atoms with van der Waals surface area (Å²) in [6, 6.07) is 21.2. The van der Waals surface area contributed by atoms with Crippen molar-refractivity contribution in [1.82, 2.24) is 14.5 Å². The lowest BCUT2D eigenvalue weighted by atomic mass is 9.73. The summed E-state index contributed by atoms with van der Waals surface area (Å²) in [4.78, 5) is 9.22. The first kappa shape index (κ1) is 17.9. The lowest BCUT2D eigenvalue weighted by molar-refractivity contribution is 0.253. The molecule has 0 amide bonds. The van der Waals surface area contributed by atoms with Gasteiger partial charge in [-0.1, -0.05) is 42.5 Å². The van der Waals surface area contributed by atoms with E-state index in [-0.39, 0.29) is 5.54 Å². The first-order valence-electron chi connectivity index (χ1n) is 10.3. The molecule has 4 aromatic rings. The number of nitrogens with two attached hydrogens (primary N) is 1. The van der Waals surface area contributed by atoms with Crippen molar-refractivity contribution in [3.05, 3.63) is 72.4 Å². The highest BCUT2D eigenvalue weighted by molar-refractivity contribution is 5.86. The molecular weight excluding hydrogens is 358 g/mol. The van der Waals surface area contributed by atoms with Gasteiger partial charge in [-0.2, -0.15) is 0 Å². The molecule has 1 aliphatic rings. The maximum atomic E-state index is 6.52. The number of rotatable bonds is 5. The zero-order valence-corrected chi connectivity index (χ0v) is 16.6. The van der Waals surface area contributed by atoms with Gasteiger partial charge in [-0.3, -0.25) is 0 Å². The van der Waals surface area contributed by atoms with E-state index < -0.39 is 0 Å². The summed E-state index contributed by atoms with van der Waals surface area (Å²) in [6.07, 6.45) is 5.24. The molecule has 0 unspecified atom stereocenters. The molecule has 0 radical (unpaired) electrons. The molecular formula is C24H25N5. The second-order valence-corrected chi connectivity index (χ2v) is 7.78. The first-order chi connectivity index (χ1) is 14.2. The first-order valence-corrected chi connectivity index (χ1v) is 10.3. The third-order valence-electron chi connectivity index (χ3n) is 5.90. The topological polar surface area (TPSA) is 68.8 Å². The molecule has 0 aliphatic heterocycles. The average molecular weight is 383 g/mol. The van der Waals surface area contributed by atoms with E-state index in [9.17, 15) is 0 Å². The van der Waals surface area contributed by atoms with Gasteiger partial charge in [-0.25, -0.2) is 9.97 Å². The predicted molar refractivity (Wildman–Crippen MR) is 118 cm³/mol. The maximum absolute atomic E-state index is 6.52. The van der Waals surface area contributed by atoms with Crippen LogP contribution in [0.25, 0.3) is 28.0 Å². The molecule has 0 atom stereocenters. The number of nitrogens with zero attached hydrogens (tertiary/aromatic N) is 3. The van der Waals surface area contributed by atoms with Gasteiger partial charge in [0.2, 0.25) is 5.95 Å². The van der Waals surface area contributed by atoms with Crippen LogP contribution < -0.4 is 11.1 Å². The normalized spacial score (nSPS) is 15.2. The number of hydrogen-bond acceptors (Lipinski definition) is 4. The molecule has 5 rings (SSSR count). The minimum absolute atomic E-state index is 0.149. The summed E-state index contributed by atoms with van der Waals surface area (Å²) in [6.45, 7) is 2.84. The molecule has 1 saturated carbocycles. The smallest absolute Gasteiger partial charge is 0.223 e. The summed E-state index contributed by atoms with van der Waals surface area (Å²) >= 11 is 0. The molecule has 146 valence electrons. The Morgan fingerprint density at radius 3 is 2.48 bits per heavy atom. The Balaban J connectivity index is 1.66. The van der Waals surface area contributed by atoms with E-state index in [0.29, 0.717) is 5.95 Å². The summed E-state index contributed by atoms with van der Waals surface area (Å²) < 4.78 is 2.23. The molecule has 0 spiro atoms. The highest BCUT2D eigenvalue weighted by Crippen LogP contribution is 2.39. The standard InChI is InChI=1S/C24H25N5/c1-2-26-23-27-16-22-20(28-23)15-21(17-7-4-3-5-8-17)29(22)19-11-9-18(10-12-19)24(25)13-6-14-24/h3-5,7-12,15-16H,2,6,13-14,25H2,1H3,(H,26,27,28). The van der Waals surface area contributed by atoms with E-state index >= 15 is 0 Å². The van der Waals surface area contributed by atoms with Crippen LogP contribution >= 0.6 is 0 Å². The van der Waals surface area contributed by atoms with E-state index in [2.05, 4.69) is 69.5 Å². The summed E-state index contributed by atoms with van der Waals surface area (Å²) in [7, 11) is 0. The minimum atomic E-state index is -0.149. The number of nitrogens with one attached hydrogen (secondary N) is 1. The highest BCUT2D eigenvalue weighted by atomic mass is 15.1. The van der Waals surface area contributed by atoms with Crippen molar-refractivity contribution in [2.24, 2.45) is 5.73 Å². The van der Waals surface area contributed by atoms with E-state index in [1.165, 1.54) is 12.0 Å². The van der Waals surface area contributed by atoms with Crippen molar-refractivity contribution in [3.63, 3.8) is 0 Å². The Morgan fingerprint density at radius 2 is 1.83 bits per heavy atom. The number of fused-ring (bicyclic) bond motifs is 1. The Bertz CT molecular complexity index is 1140. The Kier molecular flexibility index (Phi) is 4.32. The van der Waals surface area contributed by atoms with Crippen LogP contribution in [-0.2, 0) is 5.54 Å². The van der Waals surface area contributed by atoms with Crippen LogP contribution in [0.1, 0.15) is 31.7 Å². The SMILES string of the molecule is CCNc1ncc2c(cc(-c3ccccc3)n2-c2ccc(C3(N)CCC3)cc2)n1. The third-order valence-corrected chi connectivity index (χ3v) is 5.90. The van der Waals surface area contributed by atoms with Crippen molar-refractivity contribution in [1.29, 1.82) is 0 Å². The van der Waals surface area contributed by atoms with Gasteiger partial charge in [0.15, 0.2) is 0 Å². The summed E-state index contributed by atoms with van der Waals surface area (Å²) in [5.41, 5.74) is 12.8. The molecule has 2 aromatic heterocycles. The maximum Gasteiger partial charge on any atom is 0.223 e. The van der Waals surface area contributed by atoms with E-state index in [1.807, 2.05) is 19.2 Å². The number of benzene rings is 2. The van der Waals surface area contributed by atoms with Gasteiger partial charge in [0.25, 0.3) is 0 Å². The summed E-state index contributed by atoms with van der Waals surface area (Å²) in [5, 5.41) is 3.20. The molecule has 0 saturated heterocycles. The van der Waals surface area contributed by atoms with Gasteiger partial charge in [0.05, 0.1) is 22.9 Å². The van der Waals surface area contributed by atoms with Gasteiger partial charge in [-0.05, 0) is 55.5 Å². The zero-order valence-electron chi connectivity index (χ0n) is 16.6. The summed E-state index contributed by atoms with van der Waals surface area (Å²) in [5.74, 6) is 0.655. The molecule has 5 heteroatoms. The highest BCUT2D eigenvalue weighted by Gasteiger charge is 2.34. The average Bonchev–Trinajstić information content (AvgIpc) is 3.12.